The minimum atomic E-state index is -0.451. The SMILES string of the molecule is COc1cc(O)c(C(CC(=O)N2CC(C)OC(C)C2)c2ccc3c(c2)CC(=O)C3)c(OC)c1. The van der Waals surface area contributed by atoms with E-state index in [-0.39, 0.29) is 36.1 Å². The van der Waals surface area contributed by atoms with E-state index in [4.69, 9.17) is 14.2 Å². The number of hydrogen-bond donors (Lipinski definition) is 1. The molecule has 0 aromatic heterocycles. The molecule has 2 aliphatic rings. The third-order valence-corrected chi connectivity index (χ3v) is 6.46. The number of rotatable bonds is 6. The highest BCUT2D eigenvalue weighted by molar-refractivity contribution is 5.88. The van der Waals surface area contributed by atoms with Gasteiger partial charge < -0.3 is 24.2 Å². The number of amides is 1. The molecule has 7 nitrogen and oxygen atoms in total. The molecule has 2 aromatic rings. The van der Waals surface area contributed by atoms with Gasteiger partial charge >= 0.3 is 0 Å². The van der Waals surface area contributed by atoms with Gasteiger partial charge in [-0.05, 0) is 30.5 Å². The van der Waals surface area contributed by atoms with Crippen LogP contribution < -0.4 is 9.47 Å². The number of fused-ring (bicyclic) bond motifs is 1. The average molecular weight is 454 g/mol. The molecule has 0 saturated carbocycles. The number of benzene rings is 2. The summed E-state index contributed by atoms with van der Waals surface area (Å²) in [4.78, 5) is 27.2. The van der Waals surface area contributed by atoms with Crippen LogP contribution in [0.3, 0.4) is 0 Å². The molecule has 0 spiro atoms. The van der Waals surface area contributed by atoms with Gasteiger partial charge in [-0.1, -0.05) is 18.2 Å². The number of carbonyl (C=O) groups excluding carboxylic acids is 2. The van der Waals surface area contributed by atoms with Gasteiger partial charge in [0.15, 0.2) is 0 Å². The van der Waals surface area contributed by atoms with Gasteiger partial charge in [0, 0.05) is 56.0 Å². The third kappa shape index (κ3) is 4.83. The number of Topliss-reactive ketones (excluding diaryl/α,β-unsaturated/α-hetero) is 1. The lowest BCUT2D eigenvalue weighted by atomic mass is 9.85. The Morgan fingerprint density at radius 2 is 1.79 bits per heavy atom. The van der Waals surface area contributed by atoms with Gasteiger partial charge in [0.25, 0.3) is 0 Å². The zero-order valence-corrected chi connectivity index (χ0v) is 19.6. The van der Waals surface area contributed by atoms with E-state index in [9.17, 15) is 14.7 Å². The zero-order chi connectivity index (χ0) is 23.7. The summed E-state index contributed by atoms with van der Waals surface area (Å²) in [5, 5.41) is 10.9. The zero-order valence-electron chi connectivity index (χ0n) is 19.6. The van der Waals surface area contributed by atoms with E-state index >= 15 is 0 Å². The van der Waals surface area contributed by atoms with Crippen LogP contribution in [-0.4, -0.2) is 61.2 Å². The van der Waals surface area contributed by atoms with Crippen LogP contribution in [0.25, 0.3) is 0 Å². The van der Waals surface area contributed by atoms with Crippen molar-refractivity contribution >= 4 is 11.7 Å². The summed E-state index contributed by atoms with van der Waals surface area (Å²) >= 11 is 0. The van der Waals surface area contributed by atoms with E-state index in [0.717, 1.165) is 16.7 Å². The number of ether oxygens (including phenoxy) is 3. The predicted molar refractivity (Wildman–Crippen MR) is 123 cm³/mol. The monoisotopic (exact) mass is 453 g/mol. The molecule has 1 heterocycles. The number of nitrogens with zero attached hydrogens (tertiary/aromatic N) is 1. The van der Waals surface area contributed by atoms with Gasteiger partial charge in [0.2, 0.25) is 5.91 Å². The molecule has 1 N–H and O–H groups in total. The molecule has 1 fully saturated rings. The first-order valence-corrected chi connectivity index (χ1v) is 11.3. The summed E-state index contributed by atoms with van der Waals surface area (Å²) in [5.74, 6) is 0.641. The van der Waals surface area contributed by atoms with Crippen LogP contribution in [0, 0.1) is 0 Å². The Labute approximate surface area is 194 Å². The fourth-order valence-electron chi connectivity index (χ4n) is 4.98. The van der Waals surface area contributed by atoms with E-state index in [1.165, 1.54) is 20.3 Å². The highest BCUT2D eigenvalue weighted by atomic mass is 16.5. The van der Waals surface area contributed by atoms with Gasteiger partial charge in [-0.25, -0.2) is 0 Å². The van der Waals surface area contributed by atoms with Gasteiger partial charge in [0.05, 0.1) is 26.4 Å². The third-order valence-electron chi connectivity index (χ3n) is 6.46. The minimum absolute atomic E-state index is 0.00397. The van der Waals surface area contributed by atoms with Crippen LogP contribution in [0.4, 0.5) is 0 Å². The molecule has 1 aliphatic carbocycles. The molecule has 3 atom stereocenters. The quantitative estimate of drug-likeness (QED) is 0.723. The van der Waals surface area contributed by atoms with Crippen molar-refractivity contribution in [2.24, 2.45) is 0 Å². The van der Waals surface area contributed by atoms with E-state index in [1.807, 2.05) is 36.9 Å². The lowest BCUT2D eigenvalue weighted by Crippen LogP contribution is -2.48. The molecule has 1 amide bonds. The molecule has 0 radical (unpaired) electrons. The number of aromatic hydroxyl groups is 1. The molecular formula is C26H31NO6. The van der Waals surface area contributed by atoms with Crippen molar-refractivity contribution in [2.45, 2.75) is 51.2 Å². The first kappa shape index (κ1) is 23.1. The van der Waals surface area contributed by atoms with E-state index in [2.05, 4.69) is 0 Å². The van der Waals surface area contributed by atoms with Crippen LogP contribution in [0.2, 0.25) is 0 Å². The molecule has 3 unspecified atom stereocenters. The molecule has 176 valence electrons. The van der Waals surface area contributed by atoms with Crippen LogP contribution >= 0.6 is 0 Å². The van der Waals surface area contributed by atoms with Crippen molar-refractivity contribution in [1.29, 1.82) is 0 Å². The summed E-state index contributed by atoms with van der Waals surface area (Å²) in [5.41, 5.74) is 3.40. The highest BCUT2D eigenvalue weighted by Gasteiger charge is 2.32. The van der Waals surface area contributed by atoms with Crippen molar-refractivity contribution in [3.63, 3.8) is 0 Å². The predicted octanol–water partition coefficient (Wildman–Crippen LogP) is 3.23. The molecule has 2 aromatic carbocycles. The summed E-state index contributed by atoms with van der Waals surface area (Å²) in [7, 11) is 3.05. The summed E-state index contributed by atoms with van der Waals surface area (Å²) < 4.78 is 16.7. The molecule has 0 bridgehead atoms. The number of morpholine rings is 1. The van der Waals surface area contributed by atoms with Crippen LogP contribution in [0.1, 0.15) is 48.4 Å². The van der Waals surface area contributed by atoms with Crippen molar-refractivity contribution in [1.82, 2.24) is 4.90 Å². The number of carbonyl (C=O) groups is 2. The number of hydrogen-bond acceptors (Lipinski definition) is 6. The van der Waals surface area contributed by atoms with Crippen molar-refractivity contribution in [2.75, 3.05) is 27.3 Å². The molecule has 7 heteroatoms. The average Bonchev–Trinajstić information content (AvgIpc) is 3.15. The Morgan fingerprint density at radius 3 is 2.45 bits per heavy atom. The molecule has 4 rings (SSSR count). The minimum Gasteiger partial charge on any atom is -0.507 e. The Balaban J connectivity index is 1.75. The topological polar surface area (TPSA) is 85.3 Å². The van der Waals surface area contributed by atoms with Crippen molar-refractivity contribution in [3.05, 3.63) is 52.6 Å². The molecular weight excluding hydrogens is 422 g/mol. The Hall–Kier alpha value is -3.06. The smallest absolute Gasteiger partial charge is 0.223 e. The molecule has 1 aliphatic heterocycles. The van der Waals surface area contributed by atoms with Crippen molar-refractivity contribution in [3.8, 4) is 17.2 Å². The molecule has 1 saturated heterocycles. The Morgan fingerprint density at radius 1 is 1.09 bits per heavy atom. The molecule has 33 heavy (non-hydrogen) atoms. The largest absolute Gasteiger partial charge is 0.507 e. The van der Waals surface area contributed by atoms with Gasteiger partial charge in [0.1, 0.15) is 23.0 Å². The van der Waals surface area contributed by atoms with Gasteiger partial charge in [-0.2, -0.15) is 0 Å². The maximum atomic E-state index is 13.4. The fourth-order valence-corrected chi connectivity index (χ4v) is 4.98. The second-order valence-corrected chi connectivity index (χ2v) is 9.00. The van der Waals surface area contributed by atoms with Gasteiger partial charge in [-0.3, -0.25) is 9.59 Å². The van der Waals surface area contributed by atoms with Crippen LogP contribution in [0.5, 0.6) is 17.2 Å². The number of phenols is 1. The lowest BCUT2D eigenvalue weighted by Gasteiger charge is -2.36. The van der Waals surface area contributed by atoms with Crippen molar-refractivity contribution < 1.29 is 28.9 Å². The highest BCUT2D eigenvalue weighted by Crippen LogP contribution is 2.44. The maximum Gasteiger partial charge on any atom is 0.223 e. The second-order valence-electron chi connectivity index (χ2n) is 9.00. The number of ketones is 1. The first-order chi connectivity index (χ1) is 15.8. The second kappa shape index (κ2) is 9.43. The Bertz CT molecular complexity index is 1050. The summed E-state index contributed by atoms with van der Waals surface area (Å²) in [6.45, 7) is 4.98. The number of phenolic OH excluding ortho intramolecular Hbond substituents is 1. The first-order valence-electron chi connectivity index (χ1n) is 11.3. The van der Waals surface area contributed by atoms with Crippen LogP contribution in [-0.2, 0) is 27.2 Å². The fraction of sp³-hybridized carbons (Fsp3) is 0.462. The van der Waals surface area contributed by atoms with Gasteiger partial charge in [-0.15, -0.1) is 0 Å². The number of methoxy groups -OCH3 is 2. The normalized spacial score (nSPS) is 21.0. The summed E-state index contributed by atoms with van der Waals surface area (Å²) in [6, 6.07) is 9.14. The maximum absolute atomic E-state index is 13.4. The van der Waals surface area contributed by atoms with Crippen LogP contribution in [0.15, 0.2) is 30.3 Å². The Kier molecular flexibility index (Phi) is 6.61. The standard InChI is InChI=1S/C26H31NO6/c1-15-13-27(14-16(2)33-15)25(30)12-22(18-6-5-17-8-20(28)9-19(17)7-18)26-23(29)10-21(31-3)11-24(26)32-4/h5-7,10-11,15-16,22,29H,8-9,12-14H2,1-4H3. The lowest BCUT2D eigenvalue weighted by molar-refractivity contribution is -0.143. The van der Waals surface area contributed by atoms with E-state index < -0.39 is 5.92 Å². The van der Waals surface area contributed by atoms with E-state index in [1.54, 1.807) is 6.07 Å². The summed E-state index contributed by atoms with van der Waals surface area (Å²) in [6.07, 6.45) is 0.924. The van der Waals surface area contributed by atoms with E-state index in [0.29, 0.717) is 43.0 Å².